The van der Waals surface area contributed by atoms with Gasteiger partial charge in [0.15, 0.2) is 12.4 Å². The molecule has 0 spiro atoms. The van der Waals surface area contributed by atoms with Crippen LogP contribution in [0, 0.1) is 0 Å². The molecule has 1 atom stereocenters. The summed E-state index contributed by atoms with van der Waals surface area (Å²) < 4.78 is 41.2. The second-order valence-electron chi connectivity index (χ2n) is 6.40. The Bertz CT molecular complexity index is 694. The number of aromatic nitrogens is 2. The molecule has 5 nitrogen and oxygen atoms in total. The number of nitrogens with zero attached hydrogens (tertiary/aromatic N) is 4. The quantitative estimate of drug-likeness (QED) is 0.814. The number of likely N-dealkylation sites (N-methyl/N-ethyl adjacent to an activating group) is 1. The molecule has 2 aromatic rings. The molecule has 8 heteroatoms. The molecule has 1 unspecified atom stereocenters. The fourth-order valence-electron chi connectivity index (χ4n) is 2.98. The molecule has 1 aliphatic heterocycles. The van der Waals surface area contributed by atoms with Crippen LogP contribution in [-0.4, -0.2) is 60.6 Å². The van der Waals surface area contributed by atoms with Crippen molar-refractivity contribution >= 4 is 5.82 Å². The minimum Gasteiger partial charge on any atom is -0.467 e. The molecule has 140 valence electrons. The van der Waals surface area contributed by atoms with Crippen LogP contribution in [0.25, 0.3) is 0 Å². The molecule has 1 aromatic carbocycles. The normalized spacial score (nSPS) is 18.8. The number of benzene rings is 1. The Morgan fingerprint density at radius 2 is 1.85 bits per heavy atom. The first kappa shape index (κ1) is 18.4. The van der Waals surface area contributed by atoms with E-state index in [9.17, 15) is 13.2 Å². The first-order valence-electron chi connectivity index (χ1n) is 8.43. The van der Waals surface area contributed by atoms with E-state index in [2.05, 4.69) is 43.9 Å². The standard InChI is InChI=1S/C18H21F3N4O/c1-24-9-10-25(12-15(24)11-14-5-3-2-4-6-14)16-7-8-17(23-22-16)26-13-18(19,20)21/h2-8,15H,9-13H2,1H3. The van der Waals surface area contributed by atoms with Crippen molar-refractivity contribution in [3.05, 3.63) is 48.0 Å². The number of alkyl halides is 3. The molecule has 0 N–H and O–H groups in total. The fraction of sp³-hybridized carbons (Fsp3) is 0.444. The molecule has 1 aliphatic rings. The van der Waals surface area contributed by atoms with Gasteiger partial charge in [-0.2, -0.15) is 13.2 Å². The molecule has 2 heterocycles. The molecule has 0 aliphatic carbocycles. The van der Waals surface area contributed by atoms with E-state index in [0.29, 0.717) is 11.9 Å². The number of rotatable bonds is 5. The van der Waals surface area contributed by atoms with Crippen molar-refractivity contribution in [3.63, 3.8) is 0 Å². The number of anilines is 1. The minimum atomic E-state index is -4.39. The van der Waals surface area contributed by atoms with Gasteiger partial charge < -0.3 is 9.64 Å². The Labute approximate surface area is 150 Å². The van der Waals surface area contributed by atoms with E-state index in [1.54, 1.807) is 6.07 Å². The van der Waals surface area contributed by atoms with Gasteiger partial charge in [-0.15, -0.1) is 10.2 Å². The average molecular weight is 366 g/mol. The van der Waals surface area contributed by atoms with Crippen LogP contribution in [0.4, 0.5) is 19.0 Å². The van der Waals surface area contributed by atoms with E-state index < -0.39 is 12.8 Å². The zero-order valence-corrected chi connectivity index (χ0v) is 14.5. The lowest BCUT2D eigenvalue weighted by molar-refractivity contribution is -0.154. The van der Waals surface area contributed by atoms with Crippen molar-refractivity contribution in [2.75, 3.05) is 38.2 Å². The van der Waals surface area contributed by atoms with Crippen molar-refractivity contribution in [2.24, 2.45) is 0 Å². The molecule has 26 heavy (non-hydrogen) atoms. The van der Waals surface area contributed by atoms with Crippen LogP contribution in [0.3, 0.4) is 0 Å². The summed E-state index contributed by atoms with van der Waals surface area (Å²) in [6.07, 6.45) is -3.46. The zero-order valence-electron chi connectivity index (χ0n) is 14.5. The third-order valence-corrected chi connectivity index (χ3v) is 4.42. The van der Waals surface area contributed by atoms with Crippen LogP contribution >= 0.6 is 0 Å². The SMILES string of the molecule is CN1CCN(c2ccc(OCC(F)(F)F)nn2)CC1Cc1ccccc1. The third kappa shape index (κ3) is 5.08. The van der Waals surface area contributed by atoms with E-state index in [1.165, 1.54) is 11.6 Å². The van der Waals surface area contributed by atoms with E-state index >= 15 is 0 Å². The van der Waals surface area contributed by atoms with Crippen LogP contribution in [0.1, 0.15) is 5.56 Å². The summed E-state index contributed by atoms with van der Waals surface area (Å²) >= 11 is 0. The molecule has 3 rings (SSSR count). The minimum absolute atomic E-state index is 0.124. The predicted octanol–water partition coefficient (Wildman–Crippen LogP) is 2.78. The Morgan fingerprint density at radius 3 is 2.50 bits per heavy atom. The topological polar surface area (TPSA) is 41.5 Å². The molecular formula is C18H21F3N4O. The molecule has 1 aromatic heterocycles. The van der Waals surface area contributed by atoms with Gasteiger partial charge in [0.2, 0.25) is 5.88 Å². The number of halogens is 3. The van der Waals surface area contributed by atoms with Gasteiger partial charge >= 0.3 is 6.18 Å². The zero-order chi connectivity index (χ0) is 18.6. The monoisotopic (exact) mass is 366 g/mol. The highest BCUT2D eigenvalue weighted by Crippen LogP contribution is 2.21. The first-order valence-corrected chi connectivity index (χ1v) is 8.43. The largest absolute Gasteiger partial charge is 0.467 e. The van der Waals surface area contributed by atoms with Crippen molar-refractivity contribution < 1.29 is 17.9 Å². The van der Waals surface area contributed by atoms with Gasteiger partial charge in [-0.1, -0.05) is 30.3 Å². The lowest BCUT2D eigenvalue weighted by Gasteiger charge is -2.40. The summed E-state index contributed by atoms with van der Waals surface area (Å²) in [7, 11) is 2.10. The van der Waals surface area contributed by atoms with Crippen molar-refractivity contribution in [3.8, 4) is 5.88 Å². The van der Waals surface area contributed by atoms with Crippen LogP contribution in [-0.2, 0) is 6.42 Å². The number of hydrogen-bond donors (Lipinski definition) is 0. The van der Waals surface area contributed by atoms with Gasteiger partial charge in [0.05, 0.1) is 0 Å². The molecule has 1 fully saturated rings. The van der Waals surface area contributed by atoms with Crippen molar-refractivity contribution in [1.82, 2.24) is 15.1 Å². The van der Waals surface area contributed by atoms with Crippen LogP contribution in [0.5, 0.6) is 5.88 Å². The van der Waals surface area contributed by atoms with E-state index in [4.69, 9.17) is 0 Å². The molecule has 1 saturated heterocycles. The van der Waals surface area contributed by atoms with Gasteiger partial charge in [-0.05, 0) is 25.1 Å². The van der Waals surface area contributed by atoms with Crippen LogP contribution < -0.4 is 9.64 Å². The molecular weight excluding hydrogens is 345 g/mol. The maximum atomic E-state index is 12.2. The lowest BCUT2D eigenvalue weighted by Crippen LogP contribution is -2.52. The van der Waals surface area contributed by atoms with Gasteiger partial charge in [-0.3, -0.25) is 4.90 Å². The van der Waals surface area contributed by atoms with Gasteiger partial charge in [0.25, 0.3) is 0 Å². The summed E-state index contributed by atoms with van der Waals surface area (Å²) in [6, 6.07) is 13.7. The molecule has 0 radical (unpaired) electrons. The molecule has 0 amide bonds. The smallest absolute Gasteiger partial charge is 0.422 e. The molecule has 0 saturated carbocycles. The van der Waals surface area contributed by atoms with Gasteiger partial charge in [0.1, 0.15) is 0 Å². The third-order valence-electron chi connectivity index (χ3n) is 4.42. The summed E-state index contributed by atoms with van der Waals surface area (Å²) in [6.45, 7) is 1.09. The van der Waals surface area contributed by atoms with Crippen molar-refractivity contribution in [1.29, 1.82) is 0 Å². The Balaban J connectivity index is 1.62. The molecule has 0 bridgehead atoms. The van der Waals surface area contributed by atoms with Crippen molar-refractivity contribution in [2.45, 2.75) is 18.6 Å². The Morgan fingerprint density at radius 1 is 1.08 bits per heavy atom. The summed E-state index contributed by atoms with van der Waals surface area (Å²) in [5.74, 6) is 0.525. The second-order valence-corrected chi connectivity index (χ2v) is 6.40. The van der Waals surface area contributed by atoms with Crippen LogP contribution in [0.2, 0.25) is 0 Å². The summed E-state index contributed by atoms with van der Waals surface area (Å²) in [4.78, 5) is 4.42. The summed E-state index contributed by atoms with van der Waals surface area (Å²) in [5.41, 5.74) is 1.27. The Kier molecular flexibility index (Phi) is 5.61. The summed E-state index contributed by atoms with van der Waals surface area (Å²) in [5, 5.41) is 7.79. The average Bonchev–Trinajstić information content (AvgIpc) is 2.63. The maximum absolute atomic E-state index is 12.2. The second kappa shape index (κ2) is 7.90. The Hall–Kier alpha value is -2.35. The fourth-order valence-corrected chi connectivity index (χ4v) is 2.98. The number of ether oxygens (including phenoxy) is 1. The number of hydrogen-bond acceptors (Lipinski definition) is 5. The lowest BCUT2D eigenvalue weighted by atomic mass is 10.0. The van der Waals surface area contributed by atoms with E-state index in [0.717, 1.165) is 26.1 Å². The first-order chi connectivity index (χ1) is 12.4. The predicted molar refractivity (Wildman–Crippen MR) is 92.4 cm³/mol. The van der Waals surface area contributed by atoms with Gasteiger partial charge in [0, 0.05) is 31.7 Å². The highest BCUT2D eigenvalue weighted by atomic mass is 19.4. The highest BCUT2D eigenvalue weighted by molar-refractivity contribution is 5.39. The van der Waals surface area contributed by atoms with E-state index in [-0.39, 0.29) is 5.88 Å². The maximum Gasteiger partial charge on any atom is 0.422 e. The number of piperazine rings is 1. The van der Waals surface area contributed by atoms with E-state index in [1.807, 2.05) is 18.2 Å². The van der Waals surface area contributed by atoms with Crippen LogP contribution in [0.15, 0.2) is 42.5 Å². The highest BCUT2D eigenvalue weighted by Gasteiger charge is 2.29. The van der Waals surface area contributed by atoms with Gasteiger partial charge in [-0.25, -0.2) is 0 Å².